The molecule has 0 fully saturated rings. The van der Waals surface area contributed by atoms with Gasteiger partial charge in [0, 0.05) is 13.1 Å². The van der Waals surface area contributed by atoms with Crippen LogP contribution < -0.4 is 5.73 Å². The monoisotopic (exact) mass is 262 g/mol. The van der Waals surface area contributed by atoms with Gasteiger partial charge in [0.25, 0.3) is 5.91 Å². The van der Waals surface area contributed by atoms with Gasteiger partial charge in [-0.1, -0.05) is 32.4 Å². The molecular formula is C15H22N2O2. The fourth-order valence-corrected chi connectivity index (χ4v) is 2.29. The zero-order chi connectivity index (χ0) is 14.0. The second-order valence-corrected chi connectivity index (χ2v) is 5.95. The summed E-state index contributed by atoms with van der Waals surface area (Å²) in [7, 11) is 0. The predicted molar refractivity (Wildman–Crippen MR) is 74.7 cm³/mol. The van der Waals surface area contributed by atoms with Crippen molar-refractivity contribution in [2.75, 3.05) is 13.1 Å². The molecule has 0 bridgehead atoms. The molecule has 0 spiro atoms. The first-order valence-electron chi connectivity index (χ1n) is 6.69. The topological polar surface area (TPSA) is 59.5 Å². The summed E-state index contributed by atoms with van der Waals surface area (Å²) in [5.41, 5.74) is 7.08. The fraction of sp³-hybridized carbons (Fsp3) is 0.533. The highest BCUT2D eigenvalue weighted by Gasteiger charge is 2.25. The van der Waals surface area contributed by atoms with Crippen molar-refractivity contribution in [2.24, 2.45) is 11.1 Å². The van der Waals surface area contributed by atoms with Crippen LogP contribution in [0.25, 0.3) is 0 Å². The van der Waals surface area contributed by atoms with E-state index >= 15 is 0 Å². The van der Waals surface area contributed by atoms with Crippen LogP contribution in [0.2, 0.25) is 0 Å². The Balaban J connectivity index is 2.05. The van der Waals surface area contributed by atoms with Crippen LogP contribution in [0.15, 0.2) is 28.2 Å². The quantitative estimate of drug-likeness (QED) is 0.833. The lowest BCUT2D eigenvalue weighted by molar-refractivity contribution is 0.0731. The maximum atomic E-state index is 12.2. The Morgan fingerprint density at radius 1 is 1.42 bits per heavy atom. The summed E-state index contributed by atoms with van der Waals surface area (Å²) in [5.74, 6) is 0.975. The van der Waals surface area contributed by atoms with E-state index in [4.69, 9.17) is 10.2 Å². The van der Waals surface area contributed by atoms with Crippen molar-refractivity contribution in [1.82, 2.24) is 4.90 Å². The first kappa shape index (κ1) is 13.9. The molecule has 2 N–H and O–H groups in total. The second-order valence-electron chi connectivity index (χ2n) is 5.95. The largest absolute Gasteiger partial charge is 0.455 e. The fourth-order valence-electron chi connectivity index (χ4n) is 2.29. The lowest BCUT2D eigenvalue weighted by Gasteiger charge is -2.31. The van der Waals surface area contributed by atoms with Gasteiger partial charge in [0.05, 0.1) is 6.54 Å². The number of hydrogen-bond acceptors (Lipinski definition) is 3. The van der Waals surface area contributed by atoms with Crippen molar-refractivity contribution in [2.45, 2.75) is 33.7 Å². The Bertz CT molecular complexity index is 494. The summed E-state index contributed by atoms with van der Waals surface area (Å²) in [4.78, 5) is 14.1. The Morgan fingerprint density at radius 3 is 2.63 bits per heavy atom. The molecular weight excluding hydrogens is 240 g/mol. The van der Waals surface area contributed by atoms with E-state index in [0.717, 1.165) is 13.0 Å². The molecule has 19 heavy (non-hydrogen) atoms. The van der Waals surface area contributed by atoms with E-state index in [1.54, 1.807) is 12.1 Å². The van der Waals surface area contributed by atoms with Crippen molar-refractivity contribution >= 4 is 5.91 Å². The van der Waals surface area contributed by atoms with Crippen LogP contribution >= 0.6 is 0 Å². The zero-order valence-corrected chi connectivity index (χ0v) is 11.9. The van der Waals surface area contributed by atoms with Gasteiger partial charge in [0.15, 0.2) is 5.76 Å². The Kier molecular flexibility index (Phi) is 3.80. The maximum Gasteiger partial charge on any atom is 0.289 e. The average molecular weight is 262 g/mol. The number of carbonyl (C=O) groups excluding carboxylic acids is 1. The van der Waals surface area contributed by atoms with Gasteiger partial charge in [0.1, 0.15) is 5.76 Å². The third-order valence-corrected chi connectivity index (χ3v) is 3.53. The standard InChI is InChI=1S/C15H22N2O2/c1-15(2,3)11-6-8-17(9-7-11)14(18)13-5-4-12(10-16)19-13/h4-6H,7-10,16H2,1-3H3. The zero-order valence-electron chi connectivity index (χ0n) is 11.9. The van der Waals surface area contributed by atoms with Crippen LogP contribution in [-0.4, -0.2) is 23.9 Å². The van der Waals surface area contributed by atoms with E-state index < -0.39 is 0 Å². The van der Waals surface area contributed by atoms with Crippen molar-refractivity contribution in [3.05, 3.63) is 35.3 Å². The molecule has 0 saturated carbocycles. The SMILES string of the molecule is CC(C)(C)C1=CCN(C(=O)c2ccc(CN)o2)CC1. The van der Waals surface area contributed by atoms with Crippen LogP contribution in [0.5, 0.6) is 0 Å². The van der Waals surface area contributed by atoms with Crippen LogP contribution in [0.4, 0.5) is 0 Å². The molecule has 1 aliphatic rings. The van der Waals surface area contributed by atoms with Crippen molar-refractivity contribution < 1.29 is 9.21 Å². The molecule has 4 nitrogen and oxygen atoms in total. The number of carbonyl (C=O) groups is 1. The van der Waals surface area contributed by atoms with E-state index in [1.807, 2.05) is 4.90 Å². The van der Waals surface area contributed by atoms with Crippen molar-refractivity contribution in [3.63, 3.8) is 0 Å². The lowest BCUT2D eigenvalue weighted by atomic mass is 9.83. The second kappa shape index (κ2) is 5.21. The molecule has 1 amide bonds. The molecule has 0 aliphatic carbocycles. The molecule has 2 rings (SSSR count). The summed E-state index contributed by atoms with van der Waals surface area (Å²) in [6.07, 6.45) is 3.09. The molecule has 0 unspecified atom stereocenters. The normalized spacial score (nSPS) is 16.4. The highest BCUT2D eigenvalue weighted by Crippen LogP contribution is 2.30. The average Bonchev–Trinajstić information content (AvgIpc) is 2.86. The number of nitrogens with two attached hydrogens (primary N) is 1. The highest BCUT2D eigenvalue weighted by atomic mass is 16.4. The summed E-state index contributed by atoms with van der Waals surface area (Å²) in [6.45, 7) is 8.34. The van der Waals surface area contributed by atoms with Crippen LogP contribution in [0.1, 0.15) is 43.5 Å². The minimum Gasteiger partial charge on any atom is -0.455 e. The van der Waals surface area contributed by atoms with Gasteiger partial charge in [-0.15, -0.1) is 0 Å². The molecule has 2 heterocycles. The predicted octanol–water partition coefficient (Wildman–Crippen LogP) is 2.56. The molecule has 1 aliphatic heterocycles. The van der Waals surface area contributed by atoms with Gasteiger partial charge in [-0.3, -0.25) is 4.79 Å². The number of nitrogens with zero attached hydrogens (tertiary/aromatic N) is 1. The number of rotatable bonds is 2. The van der Waals surface area contributed by atoms with Gasteiger partial charge in [-0.05, 0) is 24.0 Å². The van der Waals surface area contributed by atoms with Gasteiger partial charge in [-0.2, -0.15) is 0 Å². The molecule has 4 heteroatoms. The Labute approximate surface area is 114 Å². The van der Waals surface area contributed by atoms with Crippen molar-refractivity contribution in [3.8, 4) is 0 Å². The summed E-state index contributed by atoms with van der Waals surface area (Å²) in [5, 5.41) is 0. The Morgan fingerprint density at radius 2 is 2.16 bits per heavy atom. The highest BCUT2D eigenvalue weighted by molar-refractivity contribution is 5.91. The maximum absolute atomic E-state index is 12.2. The molecule has 104 valence electrons. The van der Waals surface area contributed by atoms with Crippen LogP contribution in [0.3, 0.4) is 0 Å². The van der Waals surface area contributed by atoms with Crippen molar-refractivity contribution in [1.29, 1.82) is 0 Å². The first-order chi connectivity index (χ1) is 8.91. The molecule has 1 aromatic heterocycles. The number of furan rings is 1. The number of amides is 1. The Hall–Kier alpha value is -1.55. The van der Waals surface area contributed by atoms with Gasteiger partial charge < -0.3 is 15.1 Å². The summed E-state index contributed by atoms with van der Waals surface area (Å²) in [6, 6.07) is 3.46. The summed E-state index contributed by atoms with van der Waals surface area (Å²) >= 11 is 0. The van der Waals surface area contributed by atoms with Gasteiger partial charge in [0.2, 0.25) is 0 Å². The van der Waals surface area contributed by atoms with E-state index in [0.29, 0.717) is 24.6 Å². The summed E-state index contributed by atoms with van der Waals surface area (Å²) < 4.78 is 5.41. The van der Waals surface area contributed by atoms with Gasteiger partial charge >= 0.3 is 0 Å². The first-order valence-corrected chi connectivity index (χ1v) is 6.69. The van der Waals surface area contributed by atoms with Crippen LogP contribution in [-0.2, 0) is 6.54 Å². The van der Waals surface area contributed by atoms with E-state index in [9.17, 15) is 4.79 Å². The molecule has 0 atom stereocenters. The van der Waals surface area contributed by atoms with E-state index in [1.165, 1.54) is 5.57 Å². The lowest BCUT2D eigenvalue weighted by Crippen LogP contribution is -2.36. The number of hydrogen-bond donors (Lipinski definition) is 1. The minimum atomic E-state index is -0.0519. The smallest absolute Gasteiger partial charge is 0.289 e. The third-order valence-electron chi connectivity index (χ3n) is 3.53. The minimum absolute atomic E-state index is 0.0519. The molecule has 0 aromatic carbocycles. The third kappa shape index (κ3) is 3.07. The molecule has 0 saturated heterocycles. The van der Waals surface area contributed by atoms with E-state index in [2.05, 4.69) is 26.8 Å². The van der Waals surface area contributed by atoms with Crippen LogP contribution in [0, 0.1) is 5.41 Å². The molecule has 1 aromatic rings. The van der Waals surface area contributed by atoms with Gasteiger partial charge in [-0.25, -0.2) is 0 Å². The molecule has 0 radical (unpaired) electrons. The van der Waals surface area contributed by atoms with E-state index in [-0.39, 0.29) is 11.3 Å².